The SMILES string of the molecule is Cc1ccc(C(C)(C)O)cc1N=O. The van der Waals surface area contributed by atoms with Gasteiger partial charge in [-0.2, -0.15) is 0 Å². The fourth-order valence-corrected chi connectivity index (χ4v) is 1.09. The molecule has 0 aliphatic heterocycles. The topological polar surface area (TPSA) is 49.7 Å². The van der Waals surface area contributed by atoms with Crippen LogP contribution >= 0.6 is 0 Å². The Kier molecular flexibility index (Phi) is 2.48. The number of nitrogens with zero attached hydrogens (tertiary/aromatic N) is 1. The zero-order valence-corrected chi connectivity index (χ0v) is 8.03. The second kappa shape index (κ2) is 3.26. The molecule has 0 heterocycles. The van der Waals surface area contributed by atoms with Crippen LogP contribution in [0, 0.1) is 11.8 Å². The highest BCUT2D eigenvalue weighted by atomic mass is 16.3. The Labute approximate surface area is 77.4 Å². The average molecular weight is 179 g/mol. The fraction of sp³-hybridized carbons (Fsp3) is 0.400. The van der Waals surface area contributed by atoms with Crippen molar-refractivity contribution < 1.29 is 5.11 Å². The number of aryl methyl sites for hydroxylation is 1. The lowest BCUT2D eigenvalue weighted by atomic mass is 9.97. The third-order valence-corrected chi connectivity index (χ3v) is 2.01. The Bertz CT molecular complexity index is 326. The molecule has 1 aromatic carbocycles. The van der Waals surface area contributed by atoms with Gasteiger partial charge in [0.15, 0.2) is 0 Å². The summed E-state index contributed by atoms with van der Waals surface area (Å²) >= 11 is 0. The van der Waals surface area contributed by atoms with Gasteiger partial charge in [0, 0.05) is 0 Å². The van der Waals surface area contributed by atoms with Crippen molar-refractivity contribution in [2.45, 2.75) is 26.4 Å². The molecule has 1 rings (SSSR count). The highest BCUT2D eigenvalue weighted by molar-refractivity contribution is 5.48. The monoisotopic (exact) mass is 179 g/mol. The van der Waals surface area contributed by atoms with E-state index in [0.29, 0.717) is 11.3 Å². The summed E-state index contributed by atoms with van der Waals surface area (Å²) in [5.74, 6) is 0. The van der Waals surface area contributed by atoms with Gasteiger partial charge in [-0.25, -0.2) is 0 Å². The van der Waals surface area contributed by atoms with E-state index in [9.17, 15) is 10.0 Å². The maximum absolute atomic E-state index is 10.4. The largest absolute Gasteiger partial charge is 0.386 e. The zero-order valence-electron chi connectivity index (χ0n) is 8.03. The summed E-state index contributed by atoms with van der Waals surface area (Å²) in [6.45, 7) is 5.16. The van der Waals surface area contributed by atoms with E-state index in [4.69, 9.17) is 0 Å². The molecule has 0 saturated heterocycles. The molecule has 3 heteroatoms. The number of hydrogen-bond donors (Lipinski definition) is 1. The molecule has 13 heavy (non-hydrogen) atoms. The molecule has 0 radical (unpaired) electrons. The quantitative estimate of drug-likeness (QED) is 0.709. The van der Waals surface area contributed by atoms with Gasteiger partial charge in [-0.15, -0.1) is 4.91 Å². The van der Waals surface area contributed by atoms with Gasteiger partial charge in [0.2, 0.25) is 0 Å². The third kappa shape index (κ3) is 2.12. The average Bonchev–Trinajstić information content (AvgIpc) is 2.03. The van der Waals surface area contributed by atoms with Gasteiger partial charge >= 0.3 is 0 Å². The van der Waals surface area contributed by atoms with Crippen LogP contribution in [0.3, 0.4) is 0 Å². The van der Waals surface area contributed by atoms with Gasteiger partial charge in [-0.1, -0.05) is 12.1 Å². The summed E-state index contributed by atoms with van der Waals surface area (Å²) in [5, 5.41) is 12.5. The molecule has 0 aromatic heterocycles. The molecule has 0 fully saturated rings. The van der Waals surface area contributed by atoms with Gasteiger partial charge in [-0.3, -0.25) is 0 Å². The minimum atomic E-state index is -0.923. The van der Waals surface area contributed by atoms with E-state index < -0.39 is 5.60 Å². The minimum Gasteiger partial charge on any atom is -0.386 e. The second-order valence-electron chi connectivity index (χ2n) is 3.65. The van der Waals surface area contributed by atoms with Crippen LogP contribution in [0.4, 0.5) is 5.69 Å². The predicted octanol–water partition coefficient (Wildman–Crippen LogP) is 2.62. The van der Waals surface area contributed by atoms with Crippen molar-refractivity contribution in [2.24, 2.45) is 5.18 Å². The van der Waals surface area contributed by atoms with Gasteiger partial charge in [0.25, 0.3) is 0 Å². The molecule has 3 nitrogen and oxygen atoms in total. The van der Waals surface area contributed by atoms with Crippen molar-refractivity contribution in [3.63, 3.8) is 0 Å². The molecule has 0 spiro atoms. The molecular formula is C10H13NO2. The maximum atomic E-state index is 10.4. The highest BCUT2D eigenvalue weighted by Gasteiger charge is 2.16. The van der Waals surface area contributed by atoms with Gasteiger partial charge in [-0.05, 0) is 43.1 Å². The van der Waals surface area contributed by atoms with Crippen molar-refractivity contribution in [3.05, 3.63) is 34.2 Å². The van der Waals surface area contributed by atoms with Crippen LogP contribution in [0.25, 0.3) is 0 Å². The molecule has 1 N–H and O–H groups in total. The first kappa shape index (κ1) is 9.86. The van der Waals surface area contributed by atoms with Gasteiger partial charge in [0.1, 0.15) is 5.69 Å². The summed E-state index contributed by atoms with van der Waals surface area (Å²) in [7, 11) is 0. The number of hydrogen-bond acceptors (Lipinski definition) is 3. The van der Waals surface area contributed by atoms with Crippen LogP contribution in [0.1, 0.15) is 25.0 Å². The van der Waals surface area contributed by atoms with Gasteiger partial charge < -0.3 is 5.11 Å². The van der Waals surface area contributed by atoms with E-state index in [1.54, 1.807) is 32.0 Å². The predicted molar refractivity (Wildman–Crippen MR) is 51.9 cm³/mol. The van der Waals surface area contributed by atoms with Crippen LogP contribution in [0.2, 0.25) is 0 Å². The summed E-state index contributed by atoms with van der Waals surface area (Å²) in [6.07, 6.45) is 0. The lowest BCUT2D eigenvalue weighted by Crippen LogP contribution is -2.15. The fourth-order valence-electron chi connectivity index (χ4n) is 1.09. The third-order valence-electron chi connectivity index (χ3n) is 2.01. The first-order valence-electron chi connectivity index (χ1n) is 4.12. The summed E-state index contributed by atoms with van der Waals surface area (Å²) in [5.41, 5.74) is 0.989. The maximum Gasteiger partial charge on any atom is 0.111 e. The van der Waals surface area contributed by atoms with E-state index in [1.807, 2.05) is 6.92 Å². The van der Waals surface area contributed by atoms with Crippen molar-refractivity contribution in [1.82, 2.24) is 0 Å². The lowest BCUT2D eigenvalue weighted by Gasteiger charge is -2.18. The van der Waals surface area contributed by atoms with E-state index in [1.165, 1.54) is 0 Å². The molecule has 70 valence electrons. The molecule has 1 aromatic rings. The first-order chi connectivity index (χ1) is 5.95. The van der Waals surface area contributed by atoms with Crippen molar-refractivity contribution >= 4 is 5.69 Å². The Morgan fingerprint density at radius 2 is 2.00 bits per heavy atom. The Morgan fingerprint density at radius 3 is 2.46 bits per heavy atom. The molecule has 0 saturated carbocycles. The standard InChI is InChI=1S/C10H13NO2/c1-7-4-5-8(10(2,3)12)6-9(7)11-13/h4-6,12H,1-3H3. The minimum absolute atomic E-state index is 0.389. The second-order valence-corrected chi connectivity index (χ2v) is 3.65. The van der Waals surface area contributed by atoms with E-state index in [0.717, 1.165) is 5.56 Å². The summed E-state index contributed by atoms with van der Waals surface area (Å²) in [6, 6.07) is 5.19. The van der Waals surface area contributed by atoms with Crippen LogP contribution in [0.5, 0.6) is 0 Å². The van der Waals surface area contributed by atoms with Crippen molar-refractivity contribution in [2.75, 3.05) is 0 Å². The van der Waals surface area contributed by atoms with Crippen molar-refractivity contribution in [1.29, 1.82) is 0 Å². The summed E-state index contributed by atoms with van der Waals surface area (Å²) in [4.78, 5) is 10.4. The molecule has 0 atom stereocenters. The molecule has 0 bridgehead atoms. The number of benzene rings is 1. The number of aliphatic hydroxyl groups is 1. The molecule has 0 unspecified atom stereocenters. The molecule has 0 amide bonds. The normalized spacial score (nSPS) is 11.4. The lowest BCUT2D eigenvalue weighted by molar-refractivity contribution is 0.0786. The van der Waals surface area contributed by atoms with Crippen LogP contribution in [0.15, 0.2) is 23.4 Å². The molecular weight excluding hydrogens is 166 g/mol. The molecule has 0 aliphatic carbocycles. The number of nitroso groups, excluding NO2 is 1. The Hall–Kier alpha value is -1.22. The Morgan fingerprint density at radius 1 is 1.38 bits per heavy atom. The van der Waals surface area contributed by atoms with Crippen LogP contribution < -0.4 is 0 Å². The van der Waals surface area contributed by atoms with E-state index in [-0.39, 0.29) is 0 Å². The molecule has 0 aliphatic rings. The van der Waals surface area contributed by atoms with Crippen LogP contribution in [-0.4, -0.2) is 5.11 Å². The number of rotatable bonds is 2. The smallest absolute Gasteiger partial charge is 0.111 e. The van der Waals surface area contributed by atoms with E-state index in [2.05, 4.69) is 5.18 Å². The Balaban J connectivity index is 3.21. The first-order valence-corrected chi connectivity index (χ1v) is 4.12. The van der Waals surface area contributed by atoms with Gasteiger partial charge in [0.05, 0.1) is 5.60 Å². The van der Waals surface area contributed by atoms with Crippen LogP contribution in [-0.2, 0) is 5.60 Å². The van der Waals surface area contributed by atoms with E-state index >= 15 is 0 Å². The van der Waals surface area contributed by atoms with Crippen molar-refractivity contribution in [3.8, 4) is 0 Å². The zero-order chi connectivity index (χ0) is 10.1. The summed E-state index contributed by atoms with van der Waals surface area (Å²) < 4.78 is 0. The highest BCUT2D eigenvalue weighted by Crippen LogP contribution is 2.26.